The number of hydrogen-bond acceptors (Lipinski definition) is 5. The molecule has 0 aromatic heterocycles. The van der Waals surface area contributed by atoms with E-state index in [1.807, 2.05) is 0 Å². The molecule has 4 aliphatic rings. The molecule has 9 atom stereocenters. The lowest BCUT2D eigenvalue weighted by Gasteiger charge is -2.45. The van der Waals surface area contributed by atoms with Crippen LogP contribution in [0.15, 0.2) is 47.6 Å². The molecule has 0 radical (unpaired) electrons. The molecule has 3 N–H and O–H groups in total. The quantitative estimate of drug-likeness (QED) is 0.289. The number of esters is 1. The van der Waals surface area contributed by atoms with E-state index in [-0.39, 0.29) is 35.9 Å². The Morgan fingerprint density at radius 1 is 1.19 bits per heavy atom. The maximum Gasteiger partial charge on any atom is 0.334 e. The summed E-state index contributed by atoms with van der Waals surface area (Å²) in [6.45, 7) is 15.1. The molecule has 0 aromatic rings. The number of carbonyl (C=O) groups is 1. The molecule has 0 spiro atoms. The number of rotatable bonds is 8. The lowest BCUT2D eigenvalue weighted by atomic mass is 9.60. The summed E-state index contributed by atoms with van der Waals surface area (Å²) >= 11 is 0. The van der Waals surface area contributed by atoms with Crippen molar-refractivity contribution < 1.29 is 24.9 Å². The number of fused-ring (bicyclic) bond motifs is 1. The fraction of sp³-hybridized carbons (Fsp3) is 0.719. The van der Waals surface area contributed by atoms with Crippen LogP contribution >= 0.6 is 0 Å². The second-order valence-electron chi connectivity index (χ2n) is 12.5. The first-order chi connectivity index (χ1) is 17.6. The van der Waals surface area contributed by atoms with Gasteiger partial charge in [0.1, 0.15) is 6.10 Å². The molecule has 206 valence electrons. The highest BCUT2D eigenvalue weighted by Crippen LogP contribution is 2.60. The maximum atomic E-state index is 12.1. The molecule has 1 saturated heterocycles. The van der Waals surface area contributed by atoms with Crippen LogP contribution in [0.1, 0.15) is 85.0 Å². The van der Waals surface area contributed by atoms with Gasteiger partial charge in [-0.3, -0.25) is 0 Å². The molecule has 0 aromatic carbocycles. The molecule has 4 rings (SSSR count). The van der Waals surface area contributed by atoms with Crippen LogP contribution in [0.25, 0.3) is 0 Å². The van der Waals surface area contributed by atoms with Gasteiger partial charge < -0.3 is 20.1 Å². The molecule has 5 heteroatoms. The molecule has 0 unspecified atom stereocenters. The molecule has 4 fully saturated rings. The number of hydrogen-bond donors (Lipinski definition) is 3. The highest BCUT2D eigenvalue weighted by Gasteiger charge is 2.51. The van der Waals surface area contributed by atoms with Gasteiger partial charge in [0, 0.05) is 24.0 Å². The van der Waals surface area contributed by atoms with E-state index in [4.69, 9.17) is 9.84 Å². The largest absolute Gasteiger partial charge is 0.458 e. The highest BCUT2D eigenvalue weighted by molar-refractivity contribution is 5.90. The smallest absolute Gasteiger partial charge is 0.334 e. The topological polar surface area (TPSA) is 87.0 Å². The van der Waals surface area contributed by atoms with Gasteiger partial charge in [-0.1, -0.05) is 51.7 Å². The SMILES string of the molecule is C=C1C(=CC=C2CCC[C@]3(C)[C@@H]([C@H](C)C[C@H]4OC(=O)C(=C)[C@H]4CC)CC[C@@H]23)C[C@@H](O)[C@H](CCCO)[C@@H]1O. The summed E-state index contributed by atoms with van der Waals surface area (Å²) < 4.78 is 5.74. The van der Waals surface area contributed by atoms with Crippen LogP contribution in [0, 0.1) is 35.0 Å². The van der Waals surface area contributed by atoms with Crippen molar-refractivity contribution in [2.75, 3.05) is 6.61 Å². The second-order valence-corrected chi connectivity index (χ2v) is 12.5. The van der Waals surface area contributed by atoms with Gasteiger partial charge in [0.25, 0.3) is 0 Å². The van der Waals surface area contributed by atoms with E-state index >= 15 is 0 Å². The predicted octanol–water partition coefficient (Wildman–Crippen LogP) is 5.66. The Bertz CT molecular complexity index is 947. The summed E-state index contributed by atoms with van der Waals surface area (Å²) in [6, 6.07) is 0. The van der Waals surface area contributed by atoms with E-state index in [0.29, 0.717) is 48.2 Å². The molecule has 37 heavy (non-hydrogen) atoms. The van der Waals surface area contributed by atoms with Crippen LogP contribution in [-0.4, -0.2) is 46.2 Å². The Morgan fingerprint density at radius 3 is 2.65 bits per heavy atom. The van der Waals surface area contributed by atoms with Crippen molar-refractivity contribution in [2.24, 2.45) is 35.0 Å². The van der Waals surface area contributed by atoms with E-state index in [0.717, 1.165) is 24.8 Å². The van der Waals surface area contributed by atoms with Gasteiger partial charge in [-0.15, -0.1) is 0 Å². The van der Waals surface area contributed by atoms with Crippen LogP contribution in [-0.2, 0) is 9.53 Å². The third-order valence-electron chi connectivity index (χ3n) is 10.5. The van der Waals surface area contributed by atoms with Gasteiger partial charge >= 0.3 is 5.97 Å². The van der Waals surface area contributed by atoms with Crippen LogP contribution in [0.5, 0.6) is 0 Å². The second kappa shape index (κ2) is 11.6. The number of carbonyl (C=O) groups excluding carboxylic acids is 1. The number of aliphatic hydroxyl groups is 3. The van der Waals surface area contributed by atoms with Gasteiger partial charge in [-0.05, 0) is 98.5 Å². The fourth-order valence-electron chi connectivity index (χ4n) is 8.36. The molecule has 1 aliphatic heterocycles. The van der Waals surface area contributed by atoms with Gasteiger partial charge in [0.05, 0.1) is 12.2 Å². The Hall–Kier alpha value is -1.69. The number of cyclic esters (lactones) is 1. The summed E-state index contributed by atoms with van der Waals surface area (Å²) in [5.41, 5.74) is 4.02. The zero-order chi connectivity index (χ0) is 26.9. The number of aliphatic hydroxyl groups excluding tert-OH is 3. The minimum Gasteiger partial charge on any atom is -0.458 e. The lowest BCUT2D eigenvalue weighted by Crippen LogP contribution is -2.38. The van der Waals surface area contributed by atoms with Crippen molar-refractivity contribution in [2.45, 2.75) is 103 Å². The lowest BCUT2D eigenvalue weighted by molar-refractivity contribution is -0.140. The van der Waals surface area contributed by atoms with Gasteiger partial charge in [-0.2, -0.15) is 0 Å². The molecule has 0 bridgehead atoms. The third-order valence-corrected chi connectivity index (χ3v) is 10.5. The fourth-order valence-corrected chi connectivity index (χ4v) is 8.36. The standard InChI is InChI=1S/C32H48O5/c1-6-24-21(4)31(36)37-29(24)17-19(2)26-13-14-27-22(9-7-15-32(26,27)5)11-12-23-18-28(34)25(10-8-16-33)30(35)20(23)3/h11-12,19,24-30,33-35H,3-4,6-10,13-18H2,1-2,5H3/t19-,24-,25+,26-,27+,28-,29-,30-,32-/m1/s1. The molecule has 3 aliphatic carbocycles. The van der Waals surface area contributed by atoms with Crippen LogP contribution < -0.4 is 0 Å². The average molecular weight is 513 g/mol. The summed E-state index contributed by atoms with van der Waals surface area (Å²) in [5, 5.41) is 30.6. The first-order valence-electron chi connectivity index (χ1n) is 14.6. The van der Waals surface area contributed by atoms with E-state index in [9.17, 15) is 15.0 Å². The van der Waals surface area contributed by atoms with Crippen molar-refractivity contribution in [3.05, 3.63) is 47.6 Å². The van der Waals surface area contributed by atoms with Crippen molar-refractivity contribution in [3.63, 3.8) is 0 Å². The van der Waals surface area contributed by atoms with Crippen LogP contribution in [0.3, 0.4) is 0 Å². The van der Waals surface area contributed by atoms with Crippen molar-refractivity contribution in [3.8, 4) is 0 Å². The Labute approximate surface area is 223 Å². The molecular formula is C32H48O5. The molecule has 1 heterocycles. The van der Waals surface area contributed by atoms with E-state index in [2.05, 4.69) is 46.1 Å². The highest BCUT2D eigenvalue weighted by atomic mass is 16.6. The van der Waals surface area contributed by atoms with Crippen LogP contribution in [0.2, 0.25) is 0 Å². The van der Waals surface area contributed by atoms with Crippen molar-refractivity contribution in [1.82, 2.24) is 0 Å². The van der Waals surface area contributed by atoms with E-state index in [1.165, 1.54) is 31.3 Å². The third kappa shape index (κ3) is 5.42. The monoisotopic (exact) mass is 512 g/mol. The van der Waals surface area contributed by atoms with Crippen LogP contribution in [0.4, 0.5) is 0 Å². The van der Waals surface area contributed by atoms with Crippen molar-refractivity contribution >= 4 is 5.97 Å². The Morgan fingerprint density at radius 2 is 1.95 bits per heavy atom. The zero-order valence-electron chi connectivity index (χ0n) is 23.1. The zero-order valence-corrected chi connectivity index (χ0v) is 23.1. The predicted molar refractivity (Wildman–Crippen MR) is 147 cm³/mol. The van der Waals surface area contributed by atoms with Gasteiger partial charge in [-0.25, -0.2) is 4.79 Å². The van der Waals surface area contributed by atoms with Crippen molar-refractivity contribution in [1.29, 1.82) is 0 Å². The average Bonchev–Trinajstić information content (AvgIpc) is 3.35. The molecule has 5 nitrogen and oxygen atoms in total. The van der Waals surface area contributed by atoms with E-state index < -0.39 is 12.2 Å². The molecule has 3 saturated carbocycles. The summed E-state index contributed by atoms with van der Waals surface area (Å²) in [4.78, 5) is 12.1. The summed E-state index contributed by atoms with van der Waals surface area (Å²) in [6.07, 6.45) is 12.3. The Balaban J connectivity index is 1.46. The minimum atomic E-state index is -0.763. The van der Waals surface area contributed by atoms with E-state index in [1.54, 1.807) is 0 Å². The van der Waals surface area contributed by atoms with Gasteiger partial charge in [0.2, 0.25) is 0 Å². The molecule has 0 amide bonds. The first kappa shape index (κ1) is 28.3. The minimum absolute atomic E-state index is 0.0395. The number of ether oxygens (including phenoxy) is 1. The molecular weight excluding hydrogens is 464 g/mol. The van der Waals surface area contributed by atoms with Gasteiger partial charge in [0.15, 0.2) is 0 Å². The summed E-state index contributed by atoms with van der Waals surface area (Å²) in [7, 11) is 0. The summed E-state index contributed by atoms with van der Waals surface area (Å²) in [5.74, 6) is 1.28. The normalized spacial score (nSPS) is 41.4. The Kier molecular flexibility index (Phi) is 8.87. The first-order valence-corrected chi connectivity index (χ1v) is 14.6. The maximum absolute atomic E-state index is 12.1. The number of allylic oxidation sites excluding steroid dienone is 3.